The number of piperazine rings is 1. The lowest BCUT2D eigenvalue weighted by molar-refractivity contribution is 0.572. The molecule has 1 unspecified atom stereocenters. The number of aromatic nitrogens is 2. The van der Waals surface area contributed by atoms with Gasteiger partial charge < -0.3 is 20.0 Å². The van der Waals surface area contributed by atoms with Gasteiger partial charge in [0.2, 0.25) is 5.95 Å². The van der Waals surface area contributed by atoms with Crippen molar-refractivity contribution in [1.82, 2.24) is 15.3 Å². The van der Waals surface area contributed by atoms with Crippen LogP contribution in [0.15, 0.2) is 29.2 Å². The Kier molecular flexibility index (Phi) is 5.56. The lowest BCUT2D eigenvalue weighted by Gasteiger charge is -2.36. The minimum absolute atomic E-state index is 0.246. The SMILES string of the molecule is CN[C@H]1CCCN1c1nc(N2CCN(c3ccc(Cl)cc3)CC2)nc2c1S(=O)CC2. The first-order valence-electron chi connectivity index (χ1n) is 10.6. The topological polar surface area (TPSA) is 64.6 Å². The van der Waals surface area contributed by atoms with Crippen LogP contribution in [0.5, 0.6) is 0 Å². The second kappa shape index (κ2) is 8.32. The van der Waals surface area contributed by atoms with Crippen molar-refractivity contribution >= 4 is 39.9 Å². The van der Waals surface area contributed by atoms with Gasteiger partial charge in [0.05, 0.1) is 22.7 Å². The number of nitrogens with one attached hydrogen (secondary N) is 1. The van der Waals surface area contributed by atoms with E-state index in [0.717, 1.165) is 79.4 Å². The van der Waals surface area contributed by atoms with Gasteiger partial charge in [0.25, 0.3) is 0 Å². The molecule has 7 nitrogen and oxygen atoms in total. The second-order valence-corrected chi connectivity index (χ2v) is 9.96. The molecule has 2 aromatic rings. The zero-order valence-electron chi connectivity index (χ0n) is 17.2. The van der Waals surface area contributed by atoms with Crippen LogP contribution >= 0.6 is 11.6 Å². The first-order chi connectivity index (χ1) is 14.6. The molecule has 0 saturated carbocycles. The van der Waals surface area contributed by atoms with Crippen molar-refractivity contribution in [3.8, 4) is 0 Å². The zero-order chi connectivity index (χ0) is 20.7. The summed E-state index contributed by atoms with van der Waals surface area (Å²) in [5.74, 6) is 2.31. The molecule has 0 aliphatic carbocycles. The number of nitrogens with zero attached hydrogens (tertiary/aromatic N) is 5. The van der Waals surface area contributed by atoms with Gasteiger partial charge >= 0.3 is 0 Å². The van der Waals surface area contributed by atoms with Gasteiger partial charge in [0, 0.05) is 55.6 Å². The number of benzene rings is 1. The summed E-state index contributed by atoms with van der Waals surface area (Å²) < 4.78 is 12.7. The number of hydrogen-bond donors (Lipinski definition) is 1. The first kappa shape index (κ1) is 20.0. The average Bonchev–Trinajstić information content (AvgIpc) is 3.40. The van der Waals surface area contributed by atoms with E-state index in [-0.39, 0.29) is 6.17 Å². The molecule has 2 fully saturated rings. The van der Waals surface area contributed by atoms with E-state index in [0.29, 0.717) is 5.75 Å². The highest BCUT2D eigenvalue weighted by Crippen LogP contribution is 2.35. The third kappa shape index (κ3) is 3.65. The minimum Gasteiger partial charge on any atom is -0.368 e. The van der Waals surface area contributed by atoms with E-state index in [1.54, 1.807) is 0 Å². The van der Waals surface area contributed by atoms with Crippen LogP contribution in [0.3, 0.4) is 0 Å². The first-order valence-corrected chi connectivity index (χ1v) is 12.3. The fraction of sp³-hybridized carbons (Fsp3) is 0.524. The Bertz CT molecular complexity index is 947. The Morgan fingerprint density at radius 2 is 1.80 bits per heavy atom. The third-order valence-corrected chi connectivity index (χ3v) is 7.97. The number of fused-ring (bicyclic) bond motifs is 1. The van der Waals surface area contributed by atoms with Crippen LogP contribution in [-0.4, -0.2) is 65.9 Å². The van der Waals surface area contributed by atoms with E-state index in [1.807, 2.05) is 19.2 Å². The van der Waals surface area contributed by atoms with Gasteiger partial charge in [-0.25, -0.2) is 4.98 Å². The molecule has 2 saturated heterocycles. The highest BCUT2D eigenvalue weighted by Gasteiger charge is 2.34. The van der Waals surface area contributed by atoms with Gasteiger partial charge in [0.1, 0.15) is 4.90 Å². The van der Waals surface area contributed by atoms with Crippen molar-refractivity contribution in [2.24, 2.45) is 0 Å². The van der Waals surface area contributed by atoms with Crippen molar-refractivity contribution in [1.29, 1.82) is 0 Å². The molecule has 0 amide bonds. The minimum atomic E-state index is -1.00. The van der Waals surface area contributed by atoms with Gasteiger partial charge in [-0.2, -0.15) is 4.98 Å². The number of aryl methyl sites for hydroxylation is 1. The molecule has 3 aliphatic rings. The Morgan fingerprint density at radius 1 is 1.07 bits per heavy atom. The summed E-state index contributed by atoms with van der Waals surface area (Å²) in [6, 6.07) is 8.02. The summed E-state index contributed by atoms with van der Waals surface area (Å²) in [5, 5.41) is 4.14. The van der Waals surface area contributed by atoms with Crippen LogP contribution in [0.2, 0.25) is 5.02 Å². The standard InChI is InChI=1S/C21H27ClN6OS/c1-23-18-3-2-9-28(18)20-19-17(8-14-30(19)29)24-21(25-20)27-12-10-26(11-13-27)16-6-4-15(22)5-7-16/h4-7,18,23H,2-3,8-14H2,1H3/t18-,30?/m1/s1. The predicted molar refractivity (Wildman–Crippen MR) is 122 cm³/mol. The van der Waals surface area contributed by atoms with Crippen molar-refractivity contribution in [2.45, 2.75) is 30.3 Å². The Balaban J connectivity index is 1.40. The van der Waals surface area contributed by atoms with Crippen LogP contribution in [0.4, 0.5) is 17.5 Å². The van der Waals surface area contributed by atoms with Crippen LogP contribution in [0, 0.1) is 0 Å². The van der Waals surface area contributed by atoms with Crippen LogP contribution in [0.25, 0.3) is 0 Å². The molecule has 4 heterocycles. The fourth-order valence-corrected chi connectivity index (χ4v) is 6.12. The highest BCUT2D eigenvalue weighted by molar-refractivity contribution is 7.85. The molecule has 1 aromatic carbocycles. The van der Waals surface area contributed by atoms with E-state index in [9.17, 15) is 4.21 Å². The maximum Gasteiger partial charge on any atom is 0.227 e. The fourth-order valence-electron chi connectivity index (χ4n) is 4.64. The van der Waals surface area contributed by atoms with Gasteiger partial charge in [-0.05, 0) is 44.2 Å². The monoisotopic (exact) mass is 446 g/mol. The third-order valence-electron chi connectivity index (χ3n) is 6.27. The van der Waals surface area contributed by atoms with Gasteiger partial charge in [-0.1, -0.05) is 11.6 Å². The molecule has 3 aliphatic heterocycles. The van der Waals surface area contributed by atoms with Gasteiger partial charge in [-0.15, -0.1) is 0 Å². The van der Waals surface area contributed by atoms with E-state index in [2.05, 4.69) is 32.1 Å². The molecule has 2 atom stereocenters. The molecule has 1 N–H and O–H groups in total. The molecular formula is C21H27ClN6OS. The maximum absolute atomic E-state index is 12.7. The number of rotatable bonds is 4. The van der Waals surface area contributed by atoms with E-state index >= 15 is 0 Å². The van der Waals surface area contributed by atoms with Crippen LogP contribution in [-0.2, 0) is 17.2 Å². The quantitative estimate of drug-likeness (QED) is 0.772. The zero-order valence-corrected chi connectivity index (χ0v) is 18.8. The Morgan fingerprint density at radius 3 is 2.53 bits per heavy atom. The Hall–Kier alpha value is -1.90. The average molecular weight is 447 g/mol. The molecule has 0 bridgehead atoms. The smallest absolute Gasteiger partial charge is 0.227 e. The normalized spacial score (nSPS) is 23.9. The van der Waals surface area contributed by atoms with Gasteiger partial charge in [-0.3, -0.25) is 4.21 Å². The van der Waals surface area contributed by atoms with E-state index in [4.69, 9.17) is 21.6 Å². The second-order valence-electron chi connectivity index (χ2n) is 8.01. The van der Waals surface area contributed by atoms with Crippen molar-refractivity contribution in [3.63, 3.8) is 0 Å². The summed E-state index contributed by atoms with van der Waals surface area (Å²) in [5.41, 5.74) is 2.16. The summed E-state index contributed by atoms with van der Waals surface area (Å²) in [4.78, 5) is 17.6. The molecule has 30 heavy (non-hydrogen) atoms. The maximum atomic E-state index is 12.7. The lowest BCUT2D eigenvalue weighted by atomic mass is 10.2. The molecule has 9 heteroatoms. The molecule has 160 valence electrons. The van der Waals surface area contributed by atoms with Crippen molar-refractivity contribution in [3.05, 3.63) is 35.0 Å². The largest absolute Gasteiger partial charge is 0.368 e. The molecule has 0 radical (unpaired) electrons. The Labute approximate surface area is 184 Å². The summed E-state index contributed by atoms with van der Waals surface area (Å²) in [6.45, 7) is 4.48. The van der Waals surface area contributed by atoms with Gasteiger partial charge in [0.15, 0.2) is 5.82 Å². The number of anilines is 3. The summed E-state index contributed by atoms with van der Waals surface area (Å²) in [6.07, 6.45) is 3.22. The molecule has 1 aromatic heterocycles. The summed E-state index contributed by atoms with van der Waals surface area (Å²) >= 11 is 6.03. The van der Waals surface area contributed by atoms with E-state index in [1.165, 1.54) is 5.69 Å². The lowest BCUT2D eigenvalue weighted by Crippen LogP contribution is -2.47. The molecule has 5 rings (SSSR count). The van der Waals surface area contributed by atoms with E-state index < -0.39 is 10.8 Å². The number of halogens is 1. The van der Waals surface area contributed by atoms with Crippen molar-refractivity contribution in [2.75, 3.05) is 60.2 Å². The molecular weight excluding hydrogens is 420 g/mol. The predicted octanol–water partition coefficient (Wildman–Crippen LogP) is 2.27. The van der Waals surface area contributed by atoms with Crippen LogP contribution < -0.4 is 20.0 Å². The van der Waals surface area contributed by atoms with Crippen LogP contribution in [0.1, 0.15) is 18.5 Å². The highest BCUT2D eigenvalue weighted by atomic mass is 35.5. The molecule has 0 spiro atoms. The summed E-state index contributed by atoms with van der Waals surface area (Å²) in [7, 11) is 0.984. The van der Waals surface area contributed by atoms with Crippen molar-refractivity contribution < 1.29 is 4.21 Å². The number of hydrogen-bond acceptors (Lipinski definition) is 7.